The number of amides is 1. The van der Waals surface area contributed by atoms with Gasteiger partial charge in [0.15, 0.2) is 0 Å². The Balaban J connectivity index is 1.82. The molecule has 5 heteroatoms. The number of aliphatic carboxylic acids is 1. The molecule has 1 heterocycles. The van der Waals surface area contributed by atoms with Crippen molar-refractivity contribution in [1.82, 2.24) is 9.88 Å². The zero-order valence-electron chi connectivity index (χ0n) is 16.3. The van der Waals surface area contributed by atoms with Crippen LogP contribution in [0.3, 0.4) is 0 Å². The molecule has 0 unspecified atom stereocenters. The third-order valence-electron chi connectivity index (χ3n) is 4.99. The quantitative estimate of drug-likeness (QED) is 0.565. The second kappa shape index (κ2) is 8.30. The molecular formula is C23H26N2O3. The maximum Gasteiger partial charge on any atom is 0.303 e. The van der Waals surface area contributed by atoms with Gasteiger partial charge in [-0.15, -0.1) is 0 Å². The zero-order chi connectivity index (χ0) is 20.1. The Morgan fingerprint density at radius 2 is 1.68 bits per heavy atom. The third-order valence-corrected chi connectivity index (χ3v) is 4.99. The van der Waals surface area contributed by atoms with Crippen molar-refractivity contribution in [3.63, 3.8) is 0 Å². The molecule has 0 atom stereocenters. The van der Waals surface area contributed by atoms with Gasteiger partial charge in [-0.1, -0.05) is 48.5 Å². The predicted molar refractivity (Wildman–Crippen MR) is 110 cm³/mol. The van der Waals surface area contributed by atoms with E-state index >= 15 is 0 Å². The SMILES string of the molecule is CC(C)(NC(=O)c1cn(CCCCC(=O)O)c2ccccc12)c1ccccc1. The summed E-state index contributed by atoms with van der Waals surface area (Å²) >= 11 is 0. The van der Waals surface area contributed by atoms with Crippen molar-refractivity contribution < 1.29 is 14.7 Å². The van der Waals surface area contributed by atoms with Crippen LogP contribution in [0.5, 0.6) is 0 Å². The summed E-state index contributed by atoms with van der Waals surface area (Å²) in [6.45, 7) is 4.67. The highest BCUT2D eigenvalue weighted by molar-refractivity contribution is 6.07. The van der Waals surface area contributed by atoms with Gasteiger partial charge in [0, 0.05) is 30.1 Å². The molecule has 0 saturated carbocycles. The molecule has 3 aromatic rings. The number of carboxylic acids is 1. The minimum Gasteiger partial charge on any atom is -0.481 e. The number of aromatic nitrogens is 1. The summed E-state index contributed by atoms with van der Waals surface area (Å²) in [6, 6.07) is 17.7. The van der Waals surface area contributed by atoms with Gasteiger partial charge >= 0.3 is 5.97 Å². The molecule has 0 bridgehead atoms. The van der Waals surface area contributed by atoms with Crippen molar-refractivity contribution in [2.75, 3.05) is 0 Å². The van der Waals surface area contributed by atoms with Gasteiger partial charge in [0.05, 0.1) is 11.1 Å². The van der Waals surface area contributed by atoms with E-state index in [0.29, 0.717) is 18.5 Å². The molecule has 146 valence electrons. The van der Waals surface area contributed by atoms with Gasteiger partial charge in [0.1, 0.15) is 0 Å². The van der Waals surface area contributed by atoms with Crippen LogP contribution in [0.2, 0.25) is 0 Å². The van der Waals surface area contributed by atoms with Crippen molar-refractivity contribution in [3.05, 3.63) is 71.9 Å². The van der Waals surface area contributed by atoms with Gasteiger partial charge < -0.3 is 15.0 Å². The Labute approximate surface area is 165 Å². The van der Waals surface area contributed by atoms with E-state index in [-0.39, 0.29) is 12.3 Å². The number of nitrogens with one attached hydrogen (secondary N) is 1. The van der Waals surface area contributed by atoms with Gasteiger partial charge in [0.2, 0.25) is 0 Å². The molecule has 0 aliphatic rings. The largest absolute Gasteiger partial charge is 0.481 e. The number of carbonyl (C=O) groups excluding carboxylic acids is 1. The van der Waals surface area contributed by atoms with Gasteiger partial charge in [-0.05, 0) is 38.3 Å². The lowest BCUT2D eigenvalue weighted by Gasteiger charge is -2.26. The van der Waals surface area contributed by atoms with Crippen molar-refractivity contribution >= 4 is 22.8 Å². The average molecular weight is 378 g/mol. The molecule has 0 radical (unpaired) electrons. The number of para-hydroxylation sites is 1. The van der Waals surface area contributed by atoms with E-state index in [1.807, 2.05) is 79.2 Å². The Kier molecular flexibility index (Phi) is 5.83. The molecule has 28 heavy (non-hydrogen) atoms. The number of carbonyl (C=O) groups is 2. The molecule has 3 rings (SSSR count). The number of rotatable bonds is 8. The van der Waals surface area contributed by atoms with E-state index in [1.54, 1.807) is 0 Å². The van der Waals surface area contributed by atoms with Crippen molar-refractivity contribution in [2.45, 2.75) is 45.2 Å². The second-order valence-corrected chi connectivity index (χ2v) is 7.55. The van der Waals surface area contributed by atoms with Gasteiger partial charge in [0.25, 0.3) is 5.91 Å². The van der Waals surface area contributed by atoms with E-state index in [9.17, 15) is 9.59 Å². The lowest BCUT2D eigenvalue weighted by Crippen LogP contribution is -2.40. The summed E-state index contributed by atoms with van der Waals surface area (Å²) in [5.74, 6) is -0.894. The molecule has 0 aliphatic heterocycles. The molecule has 0 saturated heterocycles. The molecular weight excluding hydrogens is 352 g/mol. The maximum atomic E-state index is 13.1. The van der Waals surface area contributed by atoms with Crippen LogP contribution < -0.4 is 5.32 Å². The highest BCUT2D eigenvalue weighted by Gasteiger charge is 2.25. The molecule has 5 nitrogen and oxygen atoms in total. The zero-order valence-corrected chi connectivity index (χ0v) is 16.3. The predicted octanol–water partition coefficient (Wildman–Crippen LogP) is 4.56. The number of aryl methyl sites for hydroxylation is 1. The van der Waals surface area contributed by atoms with Crippen LogP contribution >= 0.6 is 0 Å². The Bertz CT molecular complexity index is 974. The van der Waals surface area contributed by atoms with Crippen LogP contribution in [0.15, 0.2) is 60.8 Å². The second-order valence-electron chi connectivity index (χ2n) is 7.55. The van der Waals surface area contributed by atoms with Crippen LogP contribution in [0.1, 0.15) is 49.0 Å². The highest BCUT2D eigenvalue weighted by Crippen LogP contribution is 2.25. The van der Waals surface area contributed by atoms with Crippen molar-refractivity contribution in [2.24, 2.45) is 0 Å². The van der Waals surface area contributed by atoms with Gasteiger partial charge in [-0.3, -0.25) is 9.59 Å². The molecule has 1 aromatic heterocycles. The number of nitrogens with zero attached hydrogens (tertiary/aromatic N) is 1. The number of benzene rings is 2. The van der Waals surface area contributed by atoms with Crippen molar-refractivity contribution in [1.29, 1.82) is 0 Å². The van der Waals surface area contributed by atoms with Crippen LogP contribution in [0.4, 0.5) is 0 Å². The minimum atomic E-state index is -0.777. The van der Waals surface area contributed by atoms with Crippen molar-refractivity contribution in [3.8, 4) is 0 Å². The lowest BCUT2D eigenvalue weighted by atomic mass is 9.94. The summed E-state index contributed by atoms with van der Waals surface area (Å²) in [5, 5.41) is 12.9. The highest BCUT2D eigenvalue weighted by atomic mass is 16.4. The monoisotopic (exact) mass is 378 g/mol. The minimum absolute atomic E-state index is 0.116. The molecule has 1 amide bonds. The maximum absolute atomic E-state index is 13.1. The summed E-state index contributed by atoms with van der Waals surface area (Å²) in [6.07, 6.45) is 3.41. The van der Waals surface area contributed by atoms with E-state index < -0.39 is 11.5 Å². The lowest BCUT2D eigenvalue weighted by molar-refractivity contribution is -0.137. The van der Waals surface area contributed by atoms with Gasteiger partial charge in [-0.25, -0.2) is 0 Å². The normalized spacial score (nSPS) is 11.5. The fraction of sp³-hybridized carbons (Fsp3) is 0.304. The molecule has 2 aromatic carbocycles. The summed E-state index contributed by atoms with van der Waals surface area (Å²) in [7, 11) is 0. The molecule has 2 N–H and O–H groups in total. The van der Waals surface area contributed by atoms with Crippen LogP contribution in [0.25, 0.3) is 10.9 Å². The molecule has 0 aliphatic carbocycles. The van der Waals surface area contributed by atoms with Crippen LogP contribution in [-0.2, 0) is 16.9 Å². The van der Waals surface area contributed by atoms with Crippen LogP contribution in [-0.4, -0.2) is 21.6 Å². The fourth-order valence-electron chi connectivity index (χ4n) is 3.45. The number of hydrogen-bond acceptors (Lipinski definition) is 2. The topological polar surface area (TPSA) is 71.3 Å². The first-order valence-electron chi connectivity index (χ1n) is 9.56. The van der Waals surface area contributed by atoms with E-state index in [2.05, 4.69) is 5.32 Å². The third kappa shape index (κ3) is 4.42. The smallest absolute Gasteiger partial charge is 0.303 e. The first-order chi connectivity index (χ1) is 13.4. The van der Waals surface area contributed by atoms with E-state index in [1.165, 1.54) is 0 Å². The summed E-state index contributed by atoms with van der Waals surface area (Å²) < 4.78 is 2.04. The summed E-state index contributed by atoms with van der Waals surface area (Å²) in [5.41, 5.74) is 2.17. The number of hydrogen-bond donors (Lipinski definition) is 2. The number of fused-ring (bicyclic) bond motifs is 1. The molecule has 0 spiro atoms. The molecule has 0 fully saturated rings. The first-order valence-corrected chi connectivity index (χ1v) is 9.56. The number of carboxylic acid groups (broad SMARTS) is 1. The fourth-order valence-corrected chi connectivity index (χ4v) is 3.45. The first kappa shape index (κ1) is 19.7. The average Bonchev–Trinajstić information content (AvgIpc) is 3.04. The Morgan fingerprint density at radius 3 is 2.39 bits per heavy atom. The van der Waals surface area contributed by atoms with E-state index in [4.69, 9.17) is 5.11 Å². The van der Waals surface area contributed by atoms with Gasteiger partial charge in [-0.2, -0.15) is 0 Å². The Hall–Kier alpha value is -3.08. The summed E-state index contributed by atoms with van der Waals surface area (Å²) in [4.78, 5) is 23.8. The number of unbranched alkanes of at least 4 members (excludes halogenated alkanes) is 1. The Morgan fingerprint density at radius 1 is 1.00 bits per heavy atom. The van der Waals surface area contributed by atoms with E-state index in [0.717, 1.165) is 22.9 Å². The standard InChI is InChI=1S/C23H26N2O3/c1-23(2,17-10-4-3-5-11-17)24-22(28)19-16-25(15-9-8-14-21(26)27)20-13-7-6-12-18(19)20/h3-7,10-13,16H,8-9,14-15H2,1-2H3,(H,24,28)(H,26,27). The van der Waals surface area contributed by atoms with Crippen LogP contribution in [0, 0.1) is 0 Å².